The molecule has 2 atom stereocenters. The number of benzene rings is 1. The molecule has 6 nitrogen and oxygen atoms in total. The van der Waals surface area contributed by atoms with Crippen LogP contribution in [0.4, 0.5) is 5.69 Å². The molecule has 1 N–H and O–H groups in total. The molecule has 0 aliphatic carbocycles. The molecular formula is C20H29N3O3S2. The fourth-order valence-corrected chi connectivity index (χ4v) is 5.51. The van der Waals surface area contributed by atoms with Crippen molar-refractivity contribution in [3.63, 3.8) is 0 Å². The van der Waals surface area contributed by atoms with Crippen molar-refractivity contribution < 1.29 is 13.2 Å². The number of ether oxygens (including phenoxy) is 1. The lowest BCUT2D eigenvalue weighted by atomic mass is 10.1. The number of nitrogens with one attached hydrogen (secondary N) is 1. The maximum absolute atomic E-state index is 12.1. The first kappa shape index (κ1) is 21.1. The molecule has 0 bridgehead atoms. The van der Waals surface area contributed by atoms with E-state index in [1.165, 1.54) is 10.6 Å². The van der Waals surface area contributed by atoms with Crippen LogP contribution in [0.1, 0.15) is 24.8 Å². The molecule has 28 heavy (non-hydrogen) atoms. The van der Waals surface area contributed by atoms with Gasteiger partial charge >= 0.3 is 0 Å². The summed E-state index contributed by atoms with van der Waals surface area (Å²) in [6.45, 7) is 7.21. The minimum atomic E-state index is -3.25. The van der Waals surface area contributed by atoms with Crippen LogP contribution < -0.4 is 14.4 Å². The summed E-state index contributed by atoms with van der Waals surface area (Å²) in [5.41, 5.74) is 1.19. The first-order valence-corrected chi connectivity index (χ1v) is 12.1. The predicted molar refractivity (Wildman–Crippen MR) is 116 cm³/mol. The third kappa shape index (κ3) is 5.05. The minimum Gasteiger partial charge on any atom is -0.497 e. The van der Waals surface area contributed by atoms with Gasteiger partial charge in [-0.3, -0.25) is 4.90 Å². The van der Waals surface area contributed by atoms with Gasteiger partial charge in [0.1, 0.15) is 5.75 Å². The summed E-state index contributed by atoms with van der Waals surface area (Å²) in [4.78, 5) is 5.96. The molecule has 0 saturated carbocycles. The molecule has 1 aliphatic heterocycles. The van der Waals surface area contributed by atoms with Crippen LogP contribution in [-0.2, 0) is 10.0 Å². The van der Waals surface area contributed by atoms with Crippen LogP contribution in [0.15, 0.2) is 41.8 Å². The Morgan fingerprint density at radius 2 is 1.82 bits per heavy atom. The average Bonchev–Trinajstić information content (AvgIpc) is 3.22. The summed E-state index contributed by atoms with van der Waals surface area (Å²) < 4.78 is 32.3. The van der Waals surface area contributed by atoms with Crippen molar-refractivity contribution in [3.05, 3.63) is 46.7 Å². The van der Waals surface area contributed by atoms with E-state index in [2.05, 4.69) is 38.1 Å². The van der Waals surface area contributed by atoms with E-state index in [9.17, 15) is 8.42 Å². The van der Waals surface area contributed by atoms with Gasteiger partial charge in [-0.25, -0.2) is 13.1 Å². The molecule has 8 heteroatoms. The summed E-state index contributed by atoms with van der Waals surface area (Å²) in [5, 5.41) is 2.05. The molecule has 3 rings (SSSR count). The van der Waals surface area contributed by atoms with Gasteiger partial charge in [-0.15, -0.1) is 11.3 Å². The molecular weight excluding hydrogens is 394 g/mol. The summed E-state index contributed by atoms with van der Waals surface area (Å²) in [7, 11) is -1.58. The number of sulfonamides is 1. The highest BCUT2D eigenvalue weighted by Crippen LogP contribution is 2.30. The highest BCUT2D eigenvalue weighted by atomic mass is 32.2. The van der Waals surface area contributed by atoms with E-state index >= 15 is 0 Å². The summed E-state index contributed by atoms with van der Waals surface area (Å²) >= 11 is 1.68. The number of hydrogen-bond acceptors (Lipinski definition) is 6. The second-order valence-electron chi connectivity index (χ2n) is 6.99. The number of anilines is 1. The topological polar surface area (TPSA) is 61.9 Å². The van der Waals surface area contributed by atoms with Crippen LogP contribution >= 0.6 is 11.3 Å². The van der Waals surface area contributed by atoms with Crippen molar-refractivity contribution in [2.24, 2.45) is 0 Å². The van der Waals surface area contributed by atoms with Gasteiger partial charge in [-0.2, -0.15) is 0 Å². The van der Waals surface area contributed by atoms with E-state index in [0.29, 0.717) is 0 Å². The van der Waals surface area contributed by atoms with Gasteiger partial charge < -0.3 is 9.64 Å². The smallest absolute Gasteiger partial charge is 0.211 e. The molecule has 2 heterocycles. The molecule has 0 radical (unpaired) electrons. The fourth-order valence-electron chi connectivity index (χ4n) is 3.68. The second kappa shape index (κ2) is 9.26. The van der Waals surface area contributed by atoms with Crippen LogP contribution in [0.3, 0.4) is 0 Å². The van der Waals surface area contributed by atoms with Crippen LogP contribution in [0.5, 0.6) is 5.75 Å². The molecule has 2 aromatic rings. The summed E-state index contributed by atoms with van der Waals surface area (Å²) in [5.74, 6) is 0.955. The monoisotopic (exact) mass is 423 g/mol. The molecule has 1 fully saturated rings. The van der Waals surface area contributed by atoms with Gasteiger partial charge in [0.05, 0.1) is 18.9 Å². The highest BCUT2D eigenvalue weighted by molar-refractivity contribution is 7.89. The number of nitrogens with zero attached hydrogens (tertiary/aromatic N) is 2. The molecule has 1 aromatic heterocycles. The minimum absolute atomic E-state index is 0.0411. The maximum Gasteiger partial charge on any atom is 0.211 e. The molecule has 1 aliphatic rings. The van der Waals surface area contributed by atoms with E-state index in [-0.39, 0.29) is 17.8 Å². The zero-order chi connectivity index (χ0) is 20.1. The van der Waals surface area contributed by atoms with Gasteiger partial charge in [-0.1, -0.05) is 6.07 Å². The molecule has 1 saturated heterocycles. The Kier molecular flexibility index (Phi) is 6.98. The zero-order valence-electron chi connectivity index (χ0n) is 16.7. The molecule has 1 aromatic carbocycles. The van der Waals surface area contributed by atoms with Crippen molar-refractivity contribution in [3.8, 4) is 5.75 Å². The number of piperazine rings is 1. The number of hydrogen-bond donors (Lipinski definition) is 1. The van der Waals surface area contributed by atoms with Crippen LogP contribution in [0.2, 0.25) is 0 Å². The Bertz CT molecular complexity index is 830. The summed E-state index contributed by atoms with van der Waals surface area (Å²) in [6.07, 6.45) is 0. The average molecular weight is 424 g/mol. The SMILES string of the molecule is CCS(=O)(=O)N[C@H](C)[C@H](c1cccs1)N1CCN(c2ccc(OC)cc2)CC1. The van der Waals surface area contributed by atoms with Gasteiger partial charge in [0.25, 0.3) is 0 Å². The van der Waals surface area contributed by atoms with E-state index in [0.717, 1.165) is 31.9 Å². The molecule has 0 spiro atoms. The molecule has 154 valence electrons. The number of methoxy groups -OCH3 is 1. The van der Waals surface area contributed by atoms with E-state index in [1.54, 1.807) is 25.4 Å². The number of thiophene rings is 1. The lowest BCUT2D eigenvalue weighted by Gasteiger charge is -2.42. The predicted octanol–water partition coefficient (Wildman–Crippen LogP) is 2.95. The van der Waals surface area contributed by atoms with Crippen LogP contribution in [0.25, 0.3) is 0 Å². The lowest BCUT2D eigenvalue weighted by molar-refractivity contribution is 0.164. The van der Waals surface area contributed by atoms with Crippen molar-refractivity contribution in [2.45, 2.75) is 25.9 Å². The second-order valence-corrected chi connectivity index (χ2v) is 10.0. The van der Waals surface area contributed by atoms with Gasteiger partial charge in [0, 0.05) is 42.8 Å². The lowest BCUT2D eigenvalue weighted by Crippen LogP contribution is -2.52. The van der Waals surface area contributed by atoms with Crippen LogP contribution in [-0.4, -0.2) is 58.4 Å². The molecule has 0 amide bonds. The van der Waals surface area contributed by atoms with E-state index < -0.39 is 10.0 Å². The number of rotatable bonds is 8. The Morgan fingerprint density at radius 1 is 1.14 bits per heavy atom. The Morgan fingerprint density at radius 3 is 2.36 bits per heavy atom. The fraction of sp³-hybridized carbons (Fsp3) is 0.500. The normalized spacial score (nSPS) is 18.0. The standard InChI is InChI=1S/C20H29N3O3S2/c1-4-28(24,25)21-16(2)20(19-6-5-15-27-19)23-13-11-22(12-14-23)17-7-9-18(26-3)10-8-17/h5-10,15-16,20-21H,4,11-14H2,1-3H3/t16-,20-/m1/s1. The van der Waals surface area contributed by atoms with Gasteiger partial charge in [0.15, 0.2) is 0 Å². The Labute approximate surface area is 172 Å². The van der Waals surface area contributed by atoms with Crippen LogP contribution in [0, 0.1) is 0 Å². The first-order valence-electron chi connectivity index (χ1n) is 9.60. The van der Waals surface area contributed by atoms with E-state index in [1.807, 2.05) is 25.1 Å². The third-order valence-electron chi connectivity index (χ3n) is 5.20. The summed E-state index contributed by atoms with van der Waals surface area (Å²) in [6, 6.07) is 12.1. The maximum atomic E-state index is 12.1. The van der Waals surface area contributed by atoms with Crippen molar-refractivity contribution in [1.82, 2.24) is 9.62 Å². The third-order valence-corrected chi connectivity index (χ3v) is 7.63. The zero-order valence-corrected chi connectivity index (χ0v) is 18.3. The van der Waals surface area contributed by atoms with Crippen molar-refractivity contribution >= 4 is 27.0 Å². The van der Waals surface area contributed by atoms with Gasteiger partial charge in [-0.05, 0) is 49.6 Å². The largest absolute Gasteiger partial charge is 0.497 e. The quantitative estimate of drug-likeness (QED) is 0.707. The Balaban J connectivity index is 1.70. The highest BCUT2D eigenvalue weighted by Gasteiger charge is 2.31. The van der Waals surface area contributed by atoms with Crippen molar-refractivity contribution in [2.75, 3.05) is 43.9 Å². The molecule has 0 unspecified atom stereocenters. The van der Waals surface area contributed by atoms with Gasteiger partial charge in [0.2, 0.25) is 10.0 Å². The van der Waals surface area contributed by atoms with Crippen molar-refractivity contribution in [1.29, 1.82) is 0 Å². The Hall–Kier alpha value is -1.61. The van der Waals surface area contributed by atoms with E-state index in [4.69, 9.17) is 4.74 Å². The first-order chi connectivity index (χ1) is 13.4.